The smallest absolute Gasteiger partial charge is 0.0431 e. The maximum atomic E-state index is 8.29. The van der Waals surface area contributed by atoms with Crippen LogP contribution in [0.25, 0.3) is 0 Å². The third-order valence-electron chi connectivity index (χ3n) is 1.01. The molecular weight excluding hydrogens is 168 g/mol. The molecule has 0 saturated heterocycles. The van der Waals surface area contributed by atoms with Crippen molar-refractivity contribution in [1.29, 1.82) is 0 Å². The standard InChI is InChI=1S/C6H14O.2H2O.Ti/c1-2-3-4-5-6-7;;;/h7H,2-6H2,1H3;2*1H2;. The predicted molar refractivity (Wildman–Crippen MR) is 38.5 cm³/mol. The summed E-state index contributed by atoms with van der Waals surface area (Å²) in [4.78, 5) is 0. The molecule has 0 saturated carbocycles. The van der Waals surface area contributed by atoms with Crippen LogP contribution in [0.4, 0.5) is 0 Å². The summed E-state index contributed by atoms with van der Waals surface area (Å²) in [6.07, 6.45) is 4.68. The average Bonchev–Trinajstić information content (AvgIpc) is 1.69. The van der Waals surface area contributed by atoms with E-state index >= 15 is 0 Å². The first-order valence-electron chi connectivity index (χ1n) is 3.02. The van der Waals surface area contributed by atoms with Crippen molar-refractivity contribution < 1.29 is 37.8 Å². The second-order valence-electron chi connectivity index (χ2n) is 1.78. The molecule has 0 aromatic carbocycles. The summed E-state index contributed by atoms with van der Waals surface area (Å²) >= 11 is 0. The molecule has 0 bridgehead atoms. The van der Waals surface area contributed by atoms with Crippen molar-refractivity contribution in [2.75, 3.05) is 6.61 Å². The Balaban J connectivity index is -0.0000000600. The molecule has 64 valence electrons. The number of hydrogen-bond donors (Lipinski definition) is 1. The average molecular weight is 186 g/mol. The first kappa shape index (κ1) is 22.4. The van der Waals surface area contributed by atoms with Crippen molar-refractivity contribution in [2.24, 2.45) is 0 Å². The van der Waals surface area contributed by atoms with Gasteiger partial charge in [-0.2, -0.15) is 0 Å². The van der Waals surface area contributed by atoms with Gasteiger partial charge in [0.05, 0.1) is 0 Å². The molecule has 0 aliphatic heterocycles. The minimum atomic E-state index is 0. The zero-order valence-corrected chi connectivity index (χ0v) is 8.04. The summed E-state index contributed by atoms with van der Waals surface area (Å²) in [6, 6.07) is 0. The van der Waals surface area contributed by atoms with Gasteiger partial charge < -0.3 is 16.1 Å². The molecule has 0 amide bonds. The van der Waals surface area contributed by atoms with E-state index in [-0.39, 0.29) is 32.7 Å². The Morgan fingerprint density at radius 3 is 1.80 bits per heavy atom. The van der Waals surface area contributed by atoms with Crippen LogP contribution in [0.5, 0.6) is 0 Å². The van der Waals surface area contributed by atoms with Crippen molar-refractivity contribution in [3.05, 3.63) is 0 Å². The summed E-state index contributed by atoms with van der Waals surface area (Å²) in [5.74, 6) is 0. The van der Waals surface area contributed by atoms with Gasteiger partial charge in [0.15, 0.2) is 0 Å². The molecule has 0 aromatic heterocycles. The number of rotatable bonds is 4. The Labute approximate surface area is 77.3 Å². The molecule has 0 aliphatic carbocycles. The van der Waals surface area contributed by atoms with Gasteiger partial charge in [0.1, 0.15) is 0 Å². The van der Waals surface area contributed by atoms with Gasteiger partial charge in [0, 0.05) is 28.3 Å². The Hall–Kier alpha value is 0.594. The Kier molecular flexibility index (Phi) is 50.8. The zero-order valence-electron chi connectivity index (χ0n) is 6.48. The Bertz CT molecular complexity index is 32.2. The van der Waals surface area contributed by atoms with Crippen LogP contribution in [-0.2, 0) is 21.7 Å². The number of aliphatic hydroxyl groups is 1. The summed E-state index contributed by atoms with van der Waals surface area (Å²) in [5.41, 5.74) is 0. The van der Waals surface area contributed by atoms with E-state index in [4.69, 9.17) is 5.11 Å². The maximum absolute atomic E-state index is 8.29. The quantitative estimate of drug-likeness (QED) is 0.482. The van der Waals surface area contributed by atoms with Gasteiger partial charge in [-0.05, 0) is 6.42 Å². The molecule has 0 heterocycles. The number of hydrogen-bond acceptors (Lipinski definition) is 1. The van der Waals surface area contributed by atoms with E-state index in [0.717, 1.165) is 6.42 Å². The van der Waals surface area contributed by atoms with Crippen molar-refractivity contribution in [3.8, 4) is 0 Å². The minimum absolute atomic E-state index is 0. The Morgan fingerprint density at radius 1 is 1.00 bits per heavy atom. The Morgan fingerprint density at radius 2 is 1.50 bits per heavy atom. The van der Waals surface area contributed by atoms with Crippen LogP contribution in [0, 0.1) is 0 Å². The van der Waals surface area contributed by atoms with E-state index in [1.165, 1.54) is 19.3 Å². The SMILES string of the molecule is CCCCCCO.O.O.[Ti]. The van der Waals surface area contributed by atoms with Gasteiger partial charge in [-0.1, -0.05) is 26.2 Å². The summed E-state index contributed by atoms with van der Waals surface area (Å²) < 4.78 is 0. The maximum Gasteiger partial charge on any atom is 0.0431 e. The van der Waals surface area contributed by atoms with E-state index < -0.39 is 0 Å². The van der Waals surface area contributed by atoms with Crippen LogP contribution in [0.2, 0.25) is 0 Å². The molecule has 0 rings (SSSR count). The molecule has 0 fully saturated rings. The second-order valence-corrected chi connectivity index (χ2v) is 1.78. The van der Waals surface area contributed by atoms with Crippen molar-refractivity contribution >= 4 is 0 Å². The third kappa shape index (κ3) is 23.5. The normalized spacial score (nSPS) is 6.60. The van der Waals surface area contributed by atoms with E-state index in [2.05, 4.69) is 6.92 Å². The van der Waals surface area contributed by atoms with E-state index in [9.17, 15) is 0 Å². The van der Waals surface area contributed by atoms with Crippen LogP contribution in [0.1, 0.15) is 32.6 Å². The molecule has 3 nitrogen and oxygen atoms in total. The molecule has 0 aromatic rings. The summed E-state index contributed by atoms with van der Waals surface area (Å²) in [5, 5.41) is 8.29. The van der Waals surface area contributed by atoms with E-state index in [1.54, 1.807) is 0 Å². The largest absolute Gasteiger partial charge is 0.412 e. The molecular formula is C6H18O3Ti. The molecule has 0 radical (unpaired) electrons. The first-order chi connectivity index (χ1) is 3.41. The fraction of sp³-hybridized carbons (Fsp3) is 1.00. The van der Waals surface area contributed by atoms with Gasteiger partial charge in [-0.25, -0.2) is 0 Å². The van der Waals surface area contributed by atoms with Gasteiger partial charge >= 0.3 is 0 Å². The van der Waals surface area contributed by atoms with Crippen molar-refractivity contribution in [3.63, 3.8) is 0 Å². The van der Waals surface area contributed by atoms with Crippen LogP contribution in [0.3, 0.4) is 0 Å². The predicted octanol–water partition coefficient (Wildman–Crippen LogP) is -0.0929. The van der Waals surface area contributed by atoms with Crippen molar-refractivity contribution in [1.82, 2.24) is 0 Å². The van der Waals surface area contributed by atoms with Crippen LogP contribution in [-0.4, -0.2) is 22.7 Å². The number of aliphatic hydroxyl groups excluding tert-OH is 1. The second kappa shape index (κ2) is 22.6. The third-order valence-corrected chi connectivity index (χ3v) is 1.01. The molecule has 0 unspecified atom stereocenters. The molecule has 4 heteroatoms. The van der Waals surface area contributed by atoms with Gasteiger partial charge in [-0.15, -0.1) is 0 Å². The molecule has 0 atom stereocenters. The van der Waals surface area contributed by atoms with Crippen LogP contribution >= 0.6 is 0 Å². The summed E-state index contributed by atoms with van der Waals surface area (Å²) in [6.45, 7) is 2.53. The summed E-state index contributed by atoms with van der Waals surface area (Å²) in [7, 11) is 0. The molecule has 5 N–H and O–H groups in total. The molecule has 10 heavy (non-hydrogen) atoms. The first-order valence-corrected chi connectivity index (χ1v) is 3.02. The fourth-order valence-electron chi connectivity index (χ4n) is 0.539. The minimum Gasteiger partial charge on any atom is -0.412 e. The van der Waals surface area contributed by atoms with Gasteiger partial charge in [-0.3, -0.25) is 0 Å². The van der Waals surface area contributed by atoms with Crippen LogP contribution < -0.4 is 0 Å². The topological polar surface area (TPSA) is 83.2 Å². The molecule has 0 aliphatic rings. The monoisotopic (exact) mass is 186 g/mol. The molecule has 0 spiro atoms. The number of unbranched alkanes of at least 4 members (excludes halogenated alkanes) is 3. The van der Waals surface area contributed by atoms with Crippen molar-refractivity contribution in [2.45, 2.75) is 32.6 Å². The zero-order chi connectivity index (χ0) is 5.54. The van der Waals surface area contributed by atoms with Gasteiger partial charge in [0.2, 0.25) is 0 Å². The van der Waals surface area contributed by atoms with E-state index in [1.807, 2.05) is 0 Å². The van der Waals surface area contributed by atoms with Crippen LogP contribution in [0.15, 0.2) is 0 Å². The van der Waals surface area contributed by atoms with Gasteiger partial charge in [0.25, 0.3) is 0 Å². The van der Waals surface area contributed by atoms with E-state index in [0.29, 0.717) is 6.61 Å². The fourth-order valence-corrected chi connectivity index (χ4v) is 0.539.